The molecule has 1 fully saturated rings. The lowest BCUT2D eigenvalue weighted by Gasteiger charge is -2.34. The van der Waals surface area contributed by atoms with E-state index in [9.17, 15) is 4.79 Å². The molecule has 0 aliphatic carbocycles. The topological polar surface area (TPSA) is 55.8 Å². The Kier molecular flexibility index (Phi) is 3.22. The van der Waals surface area contributed by atoms with Crippen LogP contribution in [-0.2, 0) is 9.31 Å². The van der Waals surface area contributed by atoms with E-state index in [0.717, 1.165) is 11.9 Å². The van der Waals surface area contributed by atoms with Crippen molar-refractivity contribution in [3.63, 3.8) is 0 Å². The number of rotatable bonds is 2. The van der Waals surface area contributed by atoms with Gasteiger partial charge in [0.2, 0.25) is 0 Å². The van der Waals surface area contributed by atoms with E-state index in [1.54, 1.807) is 24.3 Å². The van der Waals surface area contributed by atoms with Gasteiger partial charge in [-0.3, -0.25) is 0 Å². The highest BCUT2D eigenvalue weighted by Crippen LogP contribution is 2.20. The molecule has 2 rings (SSSR count). The van der Waals surface area contributed by atoms with E-state index in [2.05, 4.69) is 0 Å². The van der Waals surface area contributed by atoms with Crippen molar-refractivity contribution in [3.05, 3.63) is 29.8 Å². The van der Waals surface area contributed by atoms with Crippen molar-refractivity contribution < 1.29 is 19.2 Å². The Labute approximate surface area is 101 Å². The summed E-state index contributed by atoms with van der Waals surface area (Å²) in [5.74, 6) is -0.928. The van der Waals surface area contributed by atoms with Gasteiger partial charge in [-0.25, -0.2) is 4.79 Å². The first-order valence-electron chi connectivity index (χ1n) is 5.61. The van der Waals surface area contributed by atoms with Gasteiger partial charge in [0.15, 0.2) is 0 Å². The minimum Gasteiger partial charge on any atom is -0.478 e. The van der Waals surface area contributed by atoms with Crippen molar-refractivity contribution in [1.29, 1.82) is 0 Å². The van der Waals surface area contributed by atoms with Crippen LogP contribution in [0.5, 0.6) is 0 Å². The van der Waals surface area contributed by atoms with E-state index in [1.807, 2.05) is 13.8 Å². The maximum atomic E-state index is 10.7. The second kappa shape index (κ2) is 4.51. The number of benzene rings is 1. The molecule has 1 aliphatic heterocycles. The van der Waals surface area contributed by atoms with Gasteiger partial charge in [-0.1, -0.05) is 12.1 Å². The molecule has 0 amide bonds. The van der Waals surface area contributed by atoms with Crippen LogP contribution >= 0.6 is 0 Å². The normalized spacial score (nSPS) is 19.1. The zero-order chi connectivity index (χ0) is 12.5. The van der Waals surface area contributed by atoms with Crippen LogP contribution in [0, 0.1) is 0 Å². The average Bonchev–Trinajstić information content (AvgIpc) is 2.28. The van der Waals surface area contributed by atoms with Crippen molar-refractivity contribution in [3.8, 4) is 0 Å². The molecular formula is C12H15BO4. The van der Waals surface area contributed by atoms with Crippen LogP contribution in [0.15, 0.2) is 24.3 Å². The molecule has 17 heavy (non-hydrogen) atoms. The summed E-state index contributed by atoms with van der Waals surface area (Å²) in [7, 11) is -0.401. The largest absolute Gasteiger partial charge is 0.494 e. The fourth-order valence-electron chi connectivity index (χ4n) is 1.74. The highest BCUT2D eigenvalue weighted by Gasteiger charge is 2.34. The van der Waals surface area contributed by atoms with E-state index in [4.69, 9.17) is 14.4 Å². The fraction of sp³-hybridized carbons (Fsp3) is 0.417. The molecule has 1 N–H and O–H groups in total. The summed E-state index contributed by atoms with van der Waals surface area (Å²) < 4.78 is 11.3. The van der Waals surface area contributed by atoms with Gasteiger partial charge in [0.05, 0.1) is 11.2 Å². The highest BCUT2D eigenvalue weighted by atomic mass is 16.6. The Balaban J connectivity index is 2.14. The van der Waals surface area contributed by atoms with Gasteiger partial charge < -0.3 is 14.4 Å². The summed E-state index contributed by atoms with van der Waals surface area (Å²) >= 11 is 0. The van der Waals surface area contributed by atoms with E-state index < -0.39 is 13.1 Å². The maximum absolute atomic E-state index is 10.7. The molecule has 1 saturated heterocycles. The summed E-state index contributed by atoms with van der Waals surface area (Å²) in [6.45, 7) is 4.70. The first-order valence-corrected chi connectivity index (χ1v) is 5.61. The van der Waals surface area contributed by atoms with Gasteiger partial charge >= 0.3 is 13.1 Å². The predicted octanol–water partition coefficient (Wildman–Crippen LogP) is 1.30. The van der Waals surface area contributed by atoms with Gasteiger partial charge in [-0.05, 0) is 37.9 Å². The molecule has 0 aromatic heterocycles. The number of hydrogen-bond acceptors (Lipinski definition) is 3. The second-order valence-electron chi connectivity index (χ2n) is 4.76. The zero-order valence-corrected chi connectivity index (χ0v) is 9.97. The summed E-state index contributed by atoms with van der Waals surface area (Å²) in [4.78, 5) is 10.7. The number of hydrogen-bond donors (Lipinski definition) is 1. The number of carboxylic acids is 1. The first kappa shape index (κ1) is 12.1. The summed E-state index contributed by atoms with van der Waals surface area (Å²) in [6, 6.07) is 6.59. The van der Waals surface area contributed by atoms with Crippen molar-refractivity contribution >= 4 is 18.6 Å². The Morgan fingerprint density at radius 3 is 2.53 bits per heavy atom. The molecule has 0 radical (unpaired) electrons. The third kappa shape index (κ3) is 2.87. The molecule has 0 unspecified atom stereocenters. The summed E-state index contributed by atoms with van der Waals surface area (Å²) in [6.07, 6.45) is 0.858. The average molecular weight is 234 g/mol. The molecule has 1 aromatic carbocycles. The van der Waals surface area contributed by atoms with Crippen molar-refractivity contribution in [2.75, 3.05) is 6.61 Å². The highest BCUT2D eigenvalue weighted by molar-refractivity contribution is 6.61. The first-order chi connectivity index (χ1) is 7.98. The zero-order valence-electron chi connectivity index (χ0n) is 9.97. The van der Waals surface area contributed by atoms with Gasteiger partial charge in [-0.15, -0.1) is 0 Å². The molecular weight excluding hydrogens is 219 g/mol. The smallest absolute Gasteiger partial charge is 0.478 e. The minimum atomic E-state index is -0.928. The molecule has 1 heterocycles. The van der Waals surface area contributed by atoms with E-state index in [-0.39, 0.29) is 11.2 Å². The Hall–Kier alpha value is -1.33. The van der Waals surface area contributed by atoms with Gasteiger partial charge in [0, 0.05) is 6.61 Å². The summed E-state index contributed by atoms with van der Waals surface area (Å²) in [5.41, 5.74) is 0.917. The fourth-order valence-corrected chi connectivity index (χ4v) is 1.74. The monoisotopic (exact) mass is 234 g/mol. The number of aromatic carboxylic acids is 1. The van der Waals surface area contributed by atoms with Crippen molar-refractivity contribution in [2.24, 2.45) is 0 Å². The van der Waals surface area contributed by atoms with Crippen LogP contribution in [0.3, 0.4) is 0 Å². The lowest BCUT2D eigenvalue weighted by atomic mass is 9.76. The number of carboxylic acid groups (broad SMARTS) is 1. The maximum Gasteiger partial charge on any atom is 0.494 e. The van der Waals surface area contributed by atoms with Gasteiger partial charge in [0.1, 0.15) is 0 Å². The lowest BCUT2D eigenvalue weighted by Crippen LogP contribution is -2.48. The standard InChI is InChI=1S/C12H15BO4/c1-12(2)7-8-16-13(17-12)10-5-3-9(4-6-10)11(14)15/h3-6H,7-8H2,1-2H3,(H,14,15). The molecule has 0 spiro atoms. The Morgan fingerprint density at radius 1 is 1.35 bits per heavy atom. The Morgan fingerprint density at radius 2 is 2.00 bits per heavy atom. The van der Waals surface area contributed by atoms with Crippen molar-refractivity contribution in [2.45, 2.75) is 25.9 Å². The second-order valence-corrected chi connectivity index (χ2v) is 4.76. The molecule has 0 saturated carbocycles. The molecule has 0 atom stereocenters. The molecule has 1 aromatic rings. The number of carbonyl (C=O) groups is 1. The van der Waals surface area contributed by atoms with Crippen LogP contribution in [0.4, 0.5) is 0 Å². The van der Waals surface area contributed by atoms with E-state index >= 15 is 0 Å². The molecule has 90 valence electrons. The van der Waals surface area contributed by atoms with E-state index in [1.165, 1.54) is 0 Å². The van der Waals surface area contributed by atoms with Crippen LogP contribution in [0.2, 0.25) is 0 Å². The lowest BCUT2D eigenvalue weighted by molar-refractivity contribution is 0.0108. The quantitative estimate of drug-likeness (QED) is 0.783. The van der Waals surface area contributed by atoms with E-state index in [0.29, 0.717) is 6.61 Å². The van der Waals surface area contributed by atoms with Crippen LogP contribution in [0.25, 0.3) is 0 Å². The molecule has 5 heteroatoms. The third-order valence-electron chi connectivity index (χ3n) is 2.83. The SMILES string of the molecule is CC1(C)CCOB(c2ccc(C(=O)O)cc2)O1. The summed E-state index contributed by atoms with van der Waals surface area (Å²) in [5, 5.41) is 8.81. The van der Waals surface area contributed by atoms with Gasteiger partial charge in [0.25, 0.3) is 0 Å². The Bertz CT molecular complexity index is 413. The van der Waals surface area contributed by atoms with Gasteiger partial charge in [-0.2, -0.15) is 0 Å². The van der Waals surface area contributed by atoms with Crippen molar-refractivity contribution in [1.82, 2.24) is 0 Å². The van der Waals surface area contributed by atoms with Crippen LogP contribution in [0.1, 0.15) is 30.6 Å². The minimum absolute atomic E-state index is 0.200. The molecule has 4 nitrogen and oxygen atoms in total. The third-order valence-corrected chi connectivity index (χ3v) is 2.83. The predicted molar refractivity (Wildman–Crippen MR) is 64.5 cm³/mol. The van der Waals surface area contributed by atoms with Crippen LogP contribution in [-0.4, -0.2) is 30.4 Å². The molecule has 0 bridgehead atoms. The van der Waals surface area contributed by atoms with Crippen LogP contribution < -0.4 is 5.46 Å². The molecule has 1 aliphatic rings.